The average Bonchev–Trinajstić information content (AvgIpc) is 2.61. The third-order valence-electron chi connectivity index (χ3n) is 1.73. The molecular formula is C5H8N4O2. The summed E-state index contributed by atoms with van der Waals surface area (Å²) in [7, 11) is 0. The van der Waals surface area contributed by atoms with Gasteiger partial charge in [-0.25, -0.2) is 0 Å². The Balaban J connectivity index is 2.60. The van der Waals surface area contributed by atoms with Gasteiger partial charge in [-0.2, -0.15) is 0 Å². The molecule has 0 aromatic rings. The zero-order chi connectivity index (χ0) is 8.43. The number of carboxylic acid groups (broad SMARTS) is 1. The lowest BCUT2D eigenvalue weighted by molar-refractivity contribution is -0.139. The second-order valence-electron chi connectivity index (χ2n) is 2.55. The minimum atomic E-state index is -1.10. The standard InChI is InChI=1S/C5H8N4O2/c6-3-1-2(3)4(5(10)11)8-9-7/h2-4H,1,6H2,(H,10,11)/t2-,3-,4?/m1/s1. The van der Waals surface area contributed by atoms with Crippen molar-refractivity contribution in [1.29, 1.82) is 0 Å². The number of azide groups is 1. The molecule has 60 valence electrons. The molecule has 0 spiro atoms. The Hall–Kier alpha value is -1.26. The molecule has 1 unspecified atom stereocenters. The molecule has 6 nitrogen and oxygen atoms in total. The zero-order valence-electron chi connectivity index (χ0n) is 5.71. The second-order valence-corrected chi connectivity index (χ2v) is 2.55. The Kier molecular flexibility index (Phi) is 1.98. The van der Waals surface area contributed by atoms with E-state index in [9.17, 15) is 4.79 Å². The minimum absolute atomic E-state index is 0.110. The van der Waals surface area contributed by atoms with Gasteiger partial charge in [0.05, 0.1) is 0 Å². The van der Waals surface area contributed by atoms with Gasteiger partial charge < -0.3 is 10.8 Å². The first-order valence-electron chi connectivity index (χ1n) is 3.19. The van der Waals surface area contributed by atoms with Gasteiger partial charge in [-0.3, -0.25) is 4.79 Å². The molecule has 1 aliphatic carbocycles. The predicted octanol–water partition coefficient (Wildman–Crippen LogP) is 0.0971. The van der Waals surface area contributed by atoms with E-state index in [4.69, 9.17) is 16.4 Å². The number of rotatable bonds is 3. The van der Waals surface area contributed by atoms with Crippen LogP contribution in [0.4, 0.5) is 0 Å². The highest BCUT2D eigenvalue weighted by molar-refractivity contribution is 5.74. The number of aliphatic carboxylic acids is 1. The van der Waals surface area contributed by atoms with Crippen LogP contribution in [-0.2, 0) is 4.79 Å². The van der Waals surface area contributed by atoms with Gasteiger partial charge in [0.25, 0.3) is 0 Å². The van der Waals surface area contributed by atoms with Crippen LogP contribution in [0.3, 0.4) is 0 Å². The fourth-order valence-corrected chi connectivity index (χ4v) is 0.973. The van der Waals surface area contributed by atoms with Crippen LogP contribution in [0.1, 0.15) is 6.42 Å². The SMILES string of the molecule is [N-]=[N+]=NC(C(=O)O)[C@@H]1C[C@H]1N. The smallest absolute Gasteiger partial charge is 0.312 e. The normalized spacial score (nSPS) is 30.3. The van der Waals surface area contributed by atoms with E-state index in [-0.39, 0.29) is 12.0 Å². The molecule has 0 aliphatic heterocycles. The van der Waals surface area contributed by atoms with E-state index in [1.807, 2.05) is 0 Å². The maximum Gasteiger partial charge on any atom is 0.312 e. The van der Waals surface area contributed by atoms with Crippen molar-refractivity contribution in [1.82, 2.24) is 0 Å². The van der Waals surface area contributed by atoms with Crippen LogP contribution in [0.25, 0.3) is 10.4 Å². The van der Waals surface area contributed by atoms with Gasteiger partial charge in [-0.15, -0.1) is 0 Å². The van der Waals surface area contributed by atoms with Crippen molar-refractivity contribution in [2.75, 3.05) is 0 Å². The van der Waals surface area contributed by atoms with E-state index < -0.39 is 12.0 Å². The second kappa shape index (κ2) is 2.77. The Bertz CT molecular complexity index is 221. The van der Waals surface area contributed by atoms with Gasteiger partial charge in [-0.1, -0.05) is 5.11 Å². The molecular weight excluding hydrogens is 148 g/mol. The molecule has 3 N–H and O–H groups in total. The first-order chi connectivity index (χ1) is 5.16. The molecule has 3 atom stereocenters. The fraction of sp³-hybridized carbons (Fsp3) is 0.800. The highest BCUT2D eigenvalue weighted by Gasteiger charge is 2.43. The van der Waals surface area contributed by atoms with Crippen molar-refractivity contribution >= 4 is 5.97 Å². The summed E-state index contributed by atoms with van der Waals surface area (Å²) in [5.74, 6) is -1.26. The van der Waals surface area contributed by atoms with Crippen molar-refractivity contribution in [3.8, 4) is 0 Å². The van der Waals surface area contributed by atoms with E-state index in [0.717, 1.165) is 0 Å². The van der Waals surface area contributed by atoms with E-state index in [2.05, 4.69) is 10.0 Å². The Morgan fingerprint density at radius 2 is 2.45 bits per heavy atom. The third kappa shape index (κ3) is 1.60. The number of hydrogen-bond acceptors (Lipinski definition) is 3. The molecule has 0 saturated heterocycles. The molecule has 0 amide bonds. The van der Waals surface area contributed by atoms with Crippen molar-refractivity contribution < 1.29 is 9.90 Å². The van der Waals surface area contributed by atoms with Gasteiger partial charge in [0.1, 0.15) is 6.04 Å². The lowest BCUT2D eigenvalue weighted by Gasteiger charge is -2.01. The fourth-order valence-electron chi connectivity index (χ4n) is 0.973. The van der Waals surface area contributed by atoms with Crippen molar-refractivity contribution in [2.45, 2.75) is 18.5 Å². The van der Waals surface area contributed by atoms with Crippen LogP contribution in [0.2, 0.25) is 0 Å². The lowest BCUT2D eigenvalue weighted by Crippen LogP contribution is -2.23. The molecule has 0 aromatic heterocycles. The summed E-state index contributed by atoms with van der Waals surface area (Å²) in [5.41, 5.74) is 13.4. The molecule has 1 rings (SSSR count). The molecule has 1 saturated carbocycles. The largest absolute Gasteiger partial charge is 0.481 e. The van der Waals surface area contributed by atoms with Gasteiger partial charge >= 0.3 is 5.97 Å². The summed E-state index contributed by atoms with van der Waals surface area (Å²) in [6.45, 7) is 0. The lowest BCUT2D eigenvalue weighted by atomic mass is 10.2. The van der Waals surface area contributed by atoms with E-state index in [0.29, 0.717) is 6.42 Å². The maximum absolute atomic E-state index is 10.4. The highest BCUT2D eigenvalue weighted by Crippen LogP contribution is 2.33. The molecule has 0 aromatic carbocycles. The van der Waals surface area contributed by atoms with E-state index >= 15 is 0 Å². The predicted molar refractivity (Wildman–Crippen MR) is 36.7 cm³/mol. The van der Waals surface area contributed by atoms with Crippen molar-refractivity contribution in [3.05, 3.63) is 10.4 Å². The molecule has 11 heavy (non-hydrogen) atoms. The number of carbonyl (C=O) groups is 1. The summed E-state index contributed by atoms with van der Waals surface area (Å²) in [5, 5.41) is 11.6. The quantitative estimate of drug-likeness (QED) is 0.343. The summed E-state index contributed by atoms with van der Waals surface area (Å²) in [6, 6.07) is -1.09. The average molecular weight is 156 g/mol. The maximum atomic E-state index is 10.4. The summed E-state index contributed by atoms with van der Waals surface area (Å²) < 4.78 is 0. The van der Waals surface area contributed by atoms with E-state index in [1.54, 1.807) is 0 Å². The molecule has 6 heteroatoms. The van der Waals surface area contributed by atoms with Crippen LogP contribution in [-0.4, -0.2) is 23.2 Å². The molecule has 0 bridgehead atoms. The first kappa shape index (κ1) is 7.84. The zero-order valence-corrected chi connectivity index (χ0v) is 5.71. The van der Waals surface area contributed by atoms with Crippen LogP contribution in [0.5, 0.6) is 0 Å². The van der Waals surface area contributed by atoms with Crippen molar-refractivity contribution in [2.24, 2.45) is 16.8 Å². The van der Waals surface area contributed by atoms with Crippen LogP contribution >= 0.6 is 0 Å². The van der Waals surface area contributed by atoms with Gasteiger partial charge in [0.15, 0.2) is 0 Å². The monoisotopic (exact) mass is 156 g/mol. The third-order valence-corrected chi connectivity index (χ3v) is 1.73. The molecule has 1 aliphatic rings. The summed E-state index contributed by atoms with van der Waals surface area (Å²) in [4.78, 5) is 12.8. The number of hydrogen-bond donors (Lipinski definition) is 2. The number of carboxylic acids is 1. The molecule has 1 fully saturated rings. The molecule has 0 radical (unpaired) electrons. The first-order valence-corrected chi connectivity index (χ1v) is 3.19. The summed E-state index contributed by atoms with van der Waals surface area (Å²) >= 11 is 0. The topological polar surface area (TPSA) is 112 Å². The summed E-state index contributed by atoms with van der Waals surface area (Å²) in [6.07, 6.45) is 0.635. The minimum Gasteiger partial charge on any atom is -0.481 e. The van der Waals surface area contributed by atoms with Gasteiger partial charge in [0.2, 0.25) is 0 Å². The highest BCUT2D eigenvalue weighted by atomic mass is 16.4. The van der Waals surface area contributed by atoms with Crippen LogP contribution in [0, 0.1) is 5.92 Å². The Morgan fingerprint density at radius 3 is 2.73 bits per heavy atom. The Labute approximate surface area is 62.6 Å². The van der Waals surface area contributed by atoms with Gasteiger partial charge in [-0.05, 0) is 17.9 Å². The Morgan fingerprint density at radius 1 is 1.91 bits per heavy atom. The van der Waals surface area contributed by atoms with E-state index in [1.165, 1.54) is 0 Å². The molecule has 0 heterocycles. The number of nitrogens with two attached hydrogens (primary N) is 1. The van der Waals surface area contributed by atoms with Crippen molar-refractivity contribution in [3.63, 3.8) is 0 Å². The van der Waals surface area contributed by atoms with Crippen LogP contribution in [0.15, 0.2) is 5.11 Å². The van der Waals surface area contributed by atoms with Crippen LogP contribution < -0.4 is 5.73 Å². The number of nitrogens with zero attached hydrogens (tertiary/aromatic N) is 3. The van der Waals surface area contributed by atoms with Gasteiger partial charge in [0, 0.05) is 11.0 Å².